The van der Waals surface area contributed by atoms with Gasteiger partial charge in [0.05, 0.1) is 7.11 Å². The molecular formula is C8H13NO4. The molecule has 0 saturated heterocycles. The van der Waals surface area contributed by atoms with E-state index in [0.717, 1.165) is 0 Å². The summed E-state index contributed by atoms with van der Waals surface area (Å²) in [4.78, 5) is 32.3. The molecule has 0 heterocycles. The Hall–Kier alpha value is -1.39. The molecule has 0 radical (unpaired) electrons. The lowest BCUT2D eigenvalue weighted by Crippen LogP contribution is -2.41. The number of amides is 1. The maximum Gasteiger partial charge on any atom is 0.328 e. The minimum absolute atomic E-state index is 0.0355. The van der Waals surface area contributed by atoms with Gasteiger partial charge in [-0.2, -0.15) is 0 Å². The van der Waals surface area contributed by atoms with Gasteiger partial charge < -0.3 is 10.1 Å². The summed E-state index contributed by atoms with van der Waals surface area (Å²) in [6.07, 6.45) is -0.0355. The molecule has 0 spiro atoms. The van der Waals surface area contributed by atoms with Crippen molar-refractivity contribution >= 4 is 17.7 Å². The van der Waals surface area contributed by atoms with Crippen LogP contribution in [0.3, 0.4) is 0 Å². The van der Waals surface area contributed by atoms with Gasteiger partial charge >= 0.3 is 5.97 Å². The fraction of sp³-hybridized carbons (Fsp3) is 0.625. The summed E-state index contributed by atoms with van der Waals surface area (Å²) in [5.74, 6) is -1.15. The van der Waals surface area contributed by atoms with Gasteiger partial charge in [-0.25, -0.2) is 4.79 Å². The third-order valence-electron chi connectivity index (χ3n) is 1.35. The first-order valence-electron chi connectivity index (χ1n) is 3.81. The van der Waals surface area contributed by atoms with Crippen LogP contribution in [0, 0.1) is 0 Å². The van der Waals surface area contributed by atoms with Crippen LogP contribution in [0.15, 0.2) is 0 Å². The maximum atomic E-state index is 11.0. The number of carbonyl (C=O) groups is 3. The molecule has 0 aromatic rings. The van der Waals surface area contributed by atoms with Crippen LogP contribution in [-0.2, 0) is 19.1 Å². The average molecular weight is 187 g/mol. The van der Waals surface area contributed by atoms with Crippen LogP contribution in [0.25, 0.3) is 0 Å². The van der Waals surface area contributed by atoms with Crippen LogP contribution in [-0.4, -0.2) is 30.8 Å². The van der Waals surface area contributed by atoms with E-state index in [-0.39, 0.29) is 18.1 Å². The van der Waals surface area contributed by atoms with Crippen molar-refractivity contribution in [1.29, 1.82) is 0 Å². The average Bonchev–Trinajstić information content (AvgIpc) is 2.00. The van der Waals surface area contributed by atoms with E-state index in [1.807, 2.05) is 0 Å². The van der Waals surface area contributed by atoms with Gasteiger partial charge in [0.1, 0.15) is 11.8 Å². The van der Waals surface area contributed by atoms with Gasteiger partial charge in [-0.3, -0.25) is 9.59 Å². The molecule has 0 unspecified atom stereocenters. The fourth-order valence-corrected chi connectivity index (χ4v) is 0.868. The van der Waals surface area contributed by atoms with Crippen molar-refractivity contribution in [3.63, 3.8) is 0 Å². The number of nitrogens with one attached hydrogen (secondary N) is 1. The lowest BCUT2D eigenvalue weighted by atomic mass is 10.1. The number of hydrogen-bond acceptors (Lipinski definition) is 4. The summed E-state index contributed by atoms with van der Waals surface area (Å²) in [7, 11) is 1.21. The number of methoxy groups -OCH3 is 1. The molecule has 0 aliphatic rings. The van der Waals surface area contributed by atoms with E-state index < -0.39 is 12.0 Å². The Kier molecular flexibility index (Phi) is 4.72. The van der Waals surface area contributed by atoms with Gasteiger partial charge in [-0.1, -0.05) is 0 Å². The van der Waals surface area contributed by atoms with E-state index >= 15 is 0 Å². The minimum Gasteiger partial charge on any atom is -0.467 e. The van der Waals surface area contributed by atoms with Gasteiger partial charge in [0, 0.05) is 13.3 Å². The molecule has 0 bridgehead atoms. The first kappa shape index (κ1) is 11.6. The number of carbonyl (C=O) groups excluding carboxylic acids is 3. The SMILES string of the molecule is COC(=O)[C@H](CC(C)=O)NC(C)=O. The summed E-state index contributed by atoms with van der Waals surface area (Å²) in [5.41, 5.74) is 0. The van der Waals surface area contributed by atoms with Crippen LogP contribution in [0.4, 0.5) is 0 Å². The van der Waals surface area contributed by atoms with Gasteiger partial charge in [0.25, 0.3) is 0 Å². The Morgan fingerprint density at radius 3 is 2.15 bits per heavy atom. The topological polar surface area (TPSA) is 72.5 Å². The largest absolute Gasteiger partial charge is 0.467 e. The van der Waals surface area contributed by atoms with Crippen LogP contribution >= 0.6 is 0 Å². The molecule has 0 aromatic heterocycles. The van der Waals surface area contributed by atoms with E-state index in [1.165, 1.54) is 21.0 Å². The van der Waals surface area contributed by atoms with Gasteiger partial charge in [0.2, 0.25) is 5.91 Å². The molecule has 74 valence electrons. The Balaban J connectivity index is 4.26. The Morgan fingerprint density at radius 2 is 1.85 bits per heavy atom. The highest BCUT2D eigenvalue weighted by Crippen LogP contribution is 1.96. The summed E-state index contributed by atoms with van der Waals surface area (Å²) in [5, 5.41) is 2.33. The molecule has 13 heavy (non-hydrogen) atoms. The smallest absolute Gasteiger partial charge is 0.328 e. The number of ketones is 1. The Morgan fingerprint density at radius 1 is 1.31 bits per heavy atom. The summed E-state index contributed by atoms with van der Waals surface area (Å²) in [6.45, 7) is 2.62. The Labute approximate surface area is 76.4 Å². The van der Waals surface area contributed by atoms with Crippen molar-refractivity contribution in [3.8, 4) is 0 Å². The van der Waals surface area contributed by atoms with Gasteiger partial charge in [-0.05, 0) is 6.92 Å². The van der Waals surface area contributed by atoms with Gasteiger partial charge in [0.15, 0.2) is 0 Å². The molecule has 1 N–H and O–H groups in total. The van der Waals surface area contributed by atoms with E-state index in [4.69, 9.17) is 0 Å². The maximum absolute atomic E-state index is 11.0. The highest BCUT2D eigenvalue weighted by Gasteiger charge is 2.21. The molecule has 0 aromatic carbocycles. The van der Waals surface area contributed by atoms with Crippen LogP contribution in [0.2, 0.25) is 0 Å². The molecule has 1 atom stereocenters. The molecule has 1 amide bonds. The highest BCUT2D eigenvalue weighted by atomic mass is 16.5. The molecule has 0 saturated carbocycles. The standard InChI is InChI=1S/C8H13NO4/c1-5(10)4-7(8(12)13-3)9-6(2)11/h7H,4H2,1-3H3,(H,9,11)/t7-/m0/s1. The number of Topliss-reactive ketones (excluding diaryl/α,β-unsaturated/α-hetero) is 1. The van der Waals surface area contributed by atoms with Crippen molar-refractivity contribution in [2.24, 2.45) is 0 Å². The minimum atomic E-state index is -0.861. The normalized spacial score (nSPS) is 11.6. The van der Waals surface area contributed by atoms with Gasteiger partial charge in [-0.15, -0.1) is 0 Å². The van der Waals surface area contributed by atoms with E-state index in [0.29, 0.717) is 0 Å². The molecule has 0 rings (SSSR count). The second-order valence-electron chi connectivity index (χ2n) is 2.68. The van der Waals surface area contributed by atoms with Crippen molar-refractivity contribution in [2.75, 3.05) is 7.11 Å². The third kappa shape index (κ3) is 4.95. The lowest BCUT2D eigenvalue weighted by molar-refractivity contribution is -0.146. The Bertz CT molecular complexity index is 208. The second-order valence-corrected chi connectivity index (χ2v) is 2.68. The summed E-state index contributed by atoms with van der Waals surface area (Å²) >= 11 is 0. The molecule has 5 nitrogen and oxygen atoms in total. The lowest BCUT2D eigenvalue weighted by Gasteiger charge is -2.13. The monoisotopic (exact) mass is 187 g/mol. The van der Waals surface area contributed by atoms with Crippen LogP contribution in [0.5, 0.6) is 0 Å². The molecule has 0 fully saturated rings. The van der Waals surface area contributed by atoms with E-state index in [1.54, 1.807) is 0 Å². The van der Waals surface area contributed by atoms with Crippen molar-refractivity contribution in [1.82, 2.24) is 5.32 Å². The number of hydrogen-bond donors (Lipinski definition) is 1. The third-order valence-corrected chi connectivity index (χ3v) is 1.35. The molecule has 5 heteroatoms. The molecular weight excluding hydrogens is 174 g/mol. The zero-order chi connectivity index (χ0) is 10.4. The molecule has 0 aliphatic carbocycles. The van der Waals surface area contributed by atoms with E-state index in [2.05, 4.69) is 10.1 Å². The zero-order valence-corrected chi connectivity index (χ0v) is 7.92. The second kappa shape index (κ2) is 5.29. The molecule has 0 aliphatic heterocycles. The number of esters is 1. The van der Waals surface area contributed by atoms with Crippen molar-refractivity contribution < 1.29 is 19.1 Å². The predicted molar refractivity (Wildman–Crippen MR) is 44.9 cm³/mol. The summed E-state index contributed by atoms with van der Waals surface area (Å²) in [6, 6.07) is -0.861. The number of rotatable bonds is 4. The van der Waals surface area contributed by atoms with E-state index in [9.17, 15) is 14.4 Å². The number of ether oxygens (including phenoxy) is 1. The quantitative estimate of drug-likeness (QED) is 0.610. The van der Waals surface area contributed by atoms with Crippen LogP contribution < -0.4 is 5.32 Å². The highest BCUT2D eigenvalue weighted by molar-refractivity contribution is 5.88. The first-order chi connectivity index (χ1) is 5.97. The van der Waals surface area contributed by atoms with Crippen LogP contribution in [0.1, 0.15) is 20.3 Å². The summed E-state index contributed by atoms with van der Waals surface area (Å²) < 4.78 is 4.41. The zero-order valence-electron chi connectivity index (χ0n) is 7.92. The van der Waals surface area contributed by atoms with Crippen molar-refractivity contribution in [3.05, 3.63) is 0 Å². The fourth-order valence-electron chi connectivity index (χ4n) is 0.868. The first-order valence-corrected chi connectivity index (χ1v) is 3.81. The van der Waals surface area contributed by atoms with Crippen molar-refractivity contribution in [2.45, 2.75) is 26.3 Å². The predicted octanol–water partition coefficient (Wildman–Crippen LogP) is -0.357.